The first kappa shape index (κ1) is 39.6. The summed E-state index contributed by atoms with van der Waals surface area (Å²) in [6.45, 7) is 1.98. The minimum Gasteiger partial charge on any atom is -0.277 e. The molecular weight excluding hydrogens is 918 g/mol. The van der Waals surface area contributed by atoms with Gasteiger partial charge in [-0.3, -0.25) is 24.1 Å². The molecule has 0 atom stereocenters. The van der Waals surface area contributed by atoms with Crippen molar-refractivity contribution in [3.63, 3.8) is 0 Å². The average molecular weight is 945 g/mol. The van der Waals surface area contributed by atoms with Crippen LogP contribution in [0.25, 0.3) is 11.1 Å². The lowest BCUT2D eigenvalue weighted by Crippen LogP contribution is -2.55. The Hall–Kier alpha value is -5.86. The second-order valence-corrected chi connectivity index (χ2v) is 16.8. The first-order valence-electron chi connectivity index (χ1n) is 18.2. The van der Waals surface area contributed by atoms with Crippen LogP contribution in [0.5, 0.6) is 0 Å². The standard InChI is InChI=1S/C46H26Br2F6N2O4/c1-23-3-5-24(6-4-23)43(37-21-28(47)11-17-31(37)32-18-12-29(48)22-38(32)43)25-7-13-30(14-8-25)56-41(59)34-16-10-27(20-36(34)42(56)60)44(45(49,50)51,46(52,53)54)26-9-15-33-35(19-26)40(58)55(2)39(33)57/h3-22H,1-2H3. The van der Waals surface area contributed by atoms with Crippen LogP contribution >= 0.6 is 31.9 Å². The van der Waals surface area contributed by atoms with Gasteiger partial charge in [-0.25, -0.2) is 4.90 Å². The van der Waals surface area contributed by atoms with Gasteiger partial charge in [-0.05, 0) is 112 Å². The Bertz CT molecular complexity index is 2820. The van der Waals surface area contributed by atoms with Gasteiger partial charge in [0.15, 0.2) is 0 Å². The Morgan fingerprint density at radius 3 is 1.37 bits per heavy atom. The van der Waals surface area contributed by atoms with Gasteiger partial charge in [0.1, 0.15) is 0 Å². The maximum absolute atomic E-state index is 15.2. The lowest BCUT2D eigenvalue weighted by Gasteiger charge is -2.38. The molecule has 2 aliphatic heterocycles. The van der Waals surface area contributed by atoms with E-state index in [1.165, 1.54) is 12.1 Å². The van der Waals surface area contributed by atoms with E-state index in [0.717, 1.165) is 72.0 Å². The van der Waals surface area contributed by atoms with Gasteiger partial charge in [0.25, 0.3) is 23.6 Å². The third-order valence-corrected chi connectivity index (χ3v) is 12.8. The predicted octanol–water partition coefficient (Wildman–Crippen LogP) is 11.3. The minimum atomic E-state index is -6.08. The summed E-state index contributed by atoms with van der Waals surface area (Å²) in [4.78, 5) is 54.5. The second-order valence-electron chi connectivity index (χ2n) is 14.9. The number of halogens is 8. The van der Waals surface area contributed by atoms with Gasteiger partial charge >= 0.3 is 12.4 Å². The van der Waals surface area contributed by atoms with Crippen LogP contribution in [0.3, 0.4) is 0 Å². The molecule has 0 fully saturated rings. The Morgan fingerprint density at radius 1 is 0.483 bits per heavy atom. The largest absolute Gasteiger partial charge is 0.411 e. The summed E-state index contributed by atoms with van der Waals surface area (Å²) in [5, 5.41) is 0. The number of carbonyl (C=O) groups is 4. The molecule has 0 radical (unpaired) electrons. The summed E-state index contributed by atoms with van der Waals surface area (Å²) in [5.41, 5.74) is -3.86. The van der Waals surface area contributed by atoms with E-state index in [1.807, 2.05) is 67.6 Å². The molecule has 0 spiro atoms. The highest BCUT2D eigenvalue weighted by molar-refractivity contribution is 9.10. The van der Waals surface area contributed by atoms with Crippen LogP contribution < -0.4 is 4.90 Å². The van der Waals surface area contributed by atoms with Crippen LogP contribution in [0.2, 0.25) is 0 Å². The molecule has 0 bridgehead atoms. The van der Waals surface area contributed by atoms with Gasteiger partial charge < -0.3 is 0 Å². The highest BCUT2D eigenvalue weighted by Gasteiger charge is 2.73. The monoisotopic (exact) mass is 942 g/mol. The zero-order valence-corrected chi connectivity index (χ0v) is 34.3. The molecule has 9 rings (SSSR count). The van der Waals surface area contributed by atoms with Crippen LogP contribution in [0.1, 0.15) is 80.4 Å². The fourth-order valence-electron chi connectivity index (χ4n) is 9.01. The molecule has 2 heterocycles. The third kappa shape index (κ3) is 5.32. The van der Waals surface area contributed by atoms with Gasteiger partial charge in [-0.15, -0.1) is 0 Å². The maximum atomic E-state index is 15.2. The normalized spacial score (nSPS) is 15.7. The number of hydrogen-bond acceptors (Lipinski definition) is 4. The molecule has 3 aliphatic rings. The first-order chi connectivity index (χ1) is 28.3. The lowest BCUT2D eigenvalue weighted by atomic mass is 9.67. The van der Waals surface area contributed by atoms with Crippen molar-refractivity contribution in [3.8, 4) is 11.1 Å². The van der Waals surface area contributed by atoms with Crippen molar-refractivity contribution in [2.24, 2.45) is 0 Å². The fourth-order valence-corrected chi connectivity index (χ4v) is 9.73. The number of hydrogen-bond donors (Lipinski definition) is 0. The number of benzene rings is 6. The highest BCUT2D eigenvalue weighted by Crippen LogP contribution is 2.59. The minimum absolute atomic E-state index is 0.0383. The second kappa shape index (κ2) is 13.3. The molecule has 6 aromatic rings. The number of imide groups is 2. The molecule has 60 heavy (non-hydrogen) atoms. The van der Waals surface area contributed by atoms with E-state index in [-0.39, 0.29) is 11.3 Å². The number of rotatable bonds is 5. The SMILES string of the molecule is Cc1ccc(C2(c3ccc(N4C(=O)c5ccc(C(c6ccc7c(c6)C(=O)N(C)C7=O)(C(F)(F)F)C(F)(F)F)cc5C4=O)cc3)c3cc(Br)ccc3-c3ccc(Br)cc32)cc1. The number of fused-ring (bicyclic) bond motifs is 5. The van der Waals surface area contributed by atoms with Crippen LogP contribution in [0, 0.1) is 6.92 Å². The zero-order chi connectivity index (χ0) is 42.8. The molecule has 0 saturated heterocycles. The van der Waals surface area contributed by atoms with E-state index in [4.69, 9.17) is 0 Å². The third-order valence-electron chi connectivity index (χ3n) is 11.8. The van der Waals surface area contributed by atoms with Crippen molar-refractivity contribution in [1.82, 2.24) is 4.90 Å². The van der Waals surface area contributed by atoms with Gasteiger partial charge in [0.2, 0.25) is 5.41 Å². The van der Waals surface area contributed by atoms with Crippen LogP contribution in [0.15, 0.2) is 130 Å². The maximum Gasteiger partial charge on any atom is 0.411 e. The molecule has 0 unspecified atom stereocenters. The van der Waals surface area contributed by atoms with E-state index in [9.17, 15) is 19.2 Å². The molecule has 1 aliphatic carbocycles. The summed E-state index contributed by atoms with van der Waals surface area (Å²) in [7, 11) is 1.06. The van der Waals surface area contributed by atoms with Gasteiger partial charge in [-0.1, -0.05) is 98.1 Å². The Labute approximate surface area is 354 Å². The summed E-state index contributed by atoms with van der Waals surface area (Å²) < 4.78 is 93.1. The highest BCUT2D eigenvalue weighted by atomic mass is 79.9. The fraction of sp³-hybridized carbons (Fsp3) is 0.130. The summed E-state index contributed by atoms with van der Waals surface area (Å²) in [6.07, 6.45) is -12.2. The number of amides is 4. The molecule has 4 amide bonds. The van der Waals surface area contributed by atoms with E-state index in [2.05, 4.69) is 31.9 Å². The number of alkyl halides is 6. The molecular formula is C46H26Br2F6N2O4. The van der Waals surface area contributed by atoms with Crippen molar-refractivity contribution < 1.29 is 45.5 Å². The zero-order valence-electron chi connectivity index (χ0n) is 31.1. The summed E-state index contributed by atoms with van der Waals surface area (Å²) in [5.74, 6) is -4.03. The molecule has 6 aromatic carbocycles. The van der Waals surface area contributed by atoms with E-state index < -0.39 is 74.6 Å². The summed E-state index contributed by atoms with van der Waals surface area (Å²) >= 11 is 7.29. The number of anilines is 1. The smallest absolute Gasteiger partial charge is 0.277 e. The van der Waals surface area contributed by atoms with Crippen molar-refractivity contribution in [1.29, 1.82) is 0 Å². The van der Waals surface area contributed by atoms with E-state index >= 15 is 26.3 Å². The van der Waals surface area contributed by atoms with Crippen molar-refractivity contribution in [3.05, 3.63) is 191 Å². The summed E-state index contributed by atoms with van der Waals surface area (Å²) in [6, 6.07) is 30.0. The lowest BCUT2D eigenvalue weighted by molar-refractivity contribution is -0.288. The van der Waals surface area contributed by atoms with Crippen LogP contribution in [-0.4, -0.2) is 47.9 Å². The Balaban J connectivity index is 1.16. The molecule has 6 nitrogen and oxygen atoms in total. The first-order valence-corrected chi connectivity index (χ1v) is 19.8. The Kier molecular flexibility index (Phi) is 8.79. The van der Waals surface area contributed by atoms with Crippen LogP contribution in [-0.2, 0) is 10.8 Å². The molecule has 14 heteroatoms. The van der Waals surface area contributed by atoms with Gasteiger partial charge in [0.05, 0.1) is 33.4 Å². The van der Waals surface area contributed by atoms with Crippen molar-refractivity contribution in [2.75, 3.05) is 11.9 Å². The van der Waals surface area contributed by atoms with Crippen LogP contribution in [0.4, 0.5) is 32.0 Å². The topological polar surface area (TPSA) is 74.8 Å². The van der Waals surface area contributed by atoms with E-state index in [1.54, 1.807) is 12.1 Å². The quantitative estimate of drug-likeness (QED) is 0.127. The number of nitrogens with zero attached hydrogens (tertiary/aromatic N) is 2. The molecule has 0 N–H and O–H groups in total. The van der Waals surface area contributed by atoms with Gasteiger partial charge in [-0.2, -0.15) is 26.3 Å². The van der Waals surface area contributed by atoms with Crippen molar-refractivity contribution in [2.45, 2.75) is 30.1 Å². The Morgan fingerprint density at radius 2 is 0.883 bits per heavy atom. The van der Waals surface area contributed by atoms with E-state index in [0.29, 0.717) is 29.2 Å². The molecule has 300 valence electrons. The predicted molar refractivity (Wildman–Crippen MR) is 217 cm³/mol. The van der Waals surface area contributed by atoms with Crippen molar-refractivity contribution >= 4 is 61.2 Å². The number of aryl methyl sites for hydroxylation is 1. The molecule has 0 aromatic heterocycles. The number of carbonyl (C=O) groups excluding carboxylic acids is 4. The average Bonchev–Trinajstić information content (AvgIpc) is 3.71. The molecule has 0 saturated carbocycles. The van der Waals surface area contributed by atoms with Gasteiger partial charge in [0, 0.05) is 16.0 Å².